The highest BCUT2D eigenvalue weighted by Crippen LogP contribution is 2.34. The summed E-state index contributed by atoms with van der Waals surface area (Å²) in [6.07, 6.45) is 3.03. The molecule has 0 saturated heterocycles. The summed E-state index contributed by atoms with van der Waals surface area (Å²) < 4.78 is 5.20. The highest BCUT2D eigenvalue weighted by atomic mass is 35.5. The summed E-state index contributed by atoms with van der Waals surface area (Å²) in [5.74, 6) is 0.568. The number of benzene rings is 1. The van der Waals surface area contributed by atoms with E-state index >= 15 is 0 Å². The summed E-state index contributed by atoms with van der Waals surface area (Å²) in [5.41, 5.74) is 1.36. The van der Waals surface area contributed by atoms with E-state index in [0.717, 1.165) is 17.3 Å². The molecule has 2 rings (SSSR count). The van der Waals surface area contributed by atoms with Gasteiger partial charge in [-0.15, -0.1) is 11.7 Å². The number of nitrogens with zero attached hydrogens (tertiary/aromatic N) is 2. The molecule has 0 aliphatic heterocycles. The molecule has 0 N–H and O–H groups in total. The number of hydrogen-bond donors (Lipinski definition) is 0. The van der Waals surface area contributed by atoms with Crippen molar-refractivity contribution in [3.63, 3.8) is 0 Å². The third kappa shape index (κ3) is 3.59. The van der Waals surface area contributed by atoms with Crippen molar-refractivity contribution in [2.24, 2.45) is 0 Å². The van der Waals surface area contributed by atoms with Crippen LogP contribution in [0.5, 0.6) is 5.88 Å². The molecule has 6 heteroatoms. The summed E-state index contributed by atoms with van der Waals surface area (Å²) in [4.78, 5) is 11.6. The molecule has 0 spiro atoms. The van der Waals surface area contributed by atoms with Crippen molar-refractivity contribution in [2.45, 2.75) is 0 Å². The maximum absolute atomic E-state index is 11.6. The van der Waals surface area contributed by atoms with Gasteiger partial charge in [0.2, 0.25) is 0 Å². The number of carbonyl (C=O) groups is 1. The van der Waals surface area contributed by atoms with E-state index < -0.39 is 5.30 Å². The van der Waals surface area contributed by atoms with E-state index in [9.17, 15) is 4.79 Å². The number of ether oxygens (including phenoxy) is 1. The number of hydrogen-bond acceptors (Lipinski definition) is 5. The van der Waals surface area contributed by atoms with E-state index in [4.69, 9.17) is 16.3 Å². The van der Waals surface area contributed by atoms with Crippen LogP contribution in [-0.4, -0.2) is 21.3 Å². The Morgan fingerprint density at radius 1 is 1.40 bits per heavy atom. The molecule has 0 atom stereocenters. The van der Waals surface area contributed by atoms with E-state index in [0.29, 0.717) is 16.3 Å². The van der Waals surface area contributed by atoms with Crippen LogP contribution < -0.4 is 4.74 Å². The number of rotatable bonds is 4. The minimum Gasteiger partial charge on any atom is -0.397 e. The molecule has 2 aromatic rings. The summed E-state index contributed by atoms with van der Waals surface area (Å²) >= 11 is 7.13. The Morgan fingerprint density at radius 2 is 2.15 bits per heavy atom. The highest BCUT2D eigenvalue weighted by Gasteiger charge is 2.16. The van der Waals surface area contributed by atoms with E-state index in [1.54, 1.807) is 6.08 Å². The van der Waals surface area contributed by atoms with Gasteiger partial charge in [-0.2, -0.15) is 5.10 Å². The number of halogens is 1. The van der Waals surface area contributed by atoms with Gasteiger partial charge in [0.15, 0.2) is 0 Å². The third-order valence-corrected chi connectivity index (χ3v) is 3.34. The average Bonchev–Trinajstić information content (AvgIpc) is 2.46. The molecule has 1 aromatic carbocycles. The predicted molar refractivity (Wildman–Crippen MR) is 81.2 cm³/mol. The molecule has 1 heterocycles. The zero-order valence-electron chi connectivity index (χ0n) is 10.5. The van der Waals surface area contributed by atoms with Crippen molar-refractivity contribution in [1.82, 2.24) is 10.2 Å². The zero-order valence-corrected chi connectivity index (χ0v) is 12.0. The minimum atomic E-state index is -0.473. The Morgan fingerprint density at radius 3 is 2.85 bits per heavy atom. The van der Waals surface area contributed by atoms with Gasteiger partial charge in [0.1, 0.15) is 0 Å². The molecule has 0 aliphatic carbocycles. The summed E-state index contributed by atoms with van der Waals surface area (Å²) in [7, 11) is 0. The van der Waals surface area contributed by atoms with Gasteiger partial charge >= 0.3 is 5.30 Å². The van der Waals surface area contributed by atoms with E-state index in [1.807, 2.05) is 30.3 Å². The zero-order chi connectivity index (χ0) is 14.4. The quantitative estimate of drug-likeness (QED) is 0.625. The lowest BCUT2D eigenvalue weighted by molar-refractivity contribution is 0.225. The van der Waals surface area contributed by atoms with Crippen LogP contribution in [0.4, 0.5) is 4.79 Å². The van der Waals surface area contributed by atoms with Crippen molar-refractivity contribution >= 4 is 28.7 Å². The average molecular weight is 307 g/mol. The second-order valence-corrected chi connectivity index (χ2v) is 5.05. The molecule has 0 radical (unpaired) electrons. The lowest BCUT2D eigenvalue weighted by Gasteiger charge is -2.09. The molecule has 0 saturated carbocycles. The molecule has 0 unspecified atom stereocenters. The molecular formula is C14H11ClN2O2S. The molecule has 102 valence electrons. The van der Waals surface area contributed by atoms with E-state index in [2.05, 4.69) is 16.8 Å². The molecule has 0 amide bonds. The van der Waals surface area contributed by atoms with Crippen molar-refractivity contribution < 1.29 is 9.53 Å². The summed E-state index contributed by atoms with van der Waals surface area (Å²) in [6, 6.07) is 9.33. The standard InChI is InChI=1S/C14H11ClN2O2S/c1-2-8-20-14(18)19-13-12(11(15)9-16-17-13)10-6-4-3-5-7-10/h2-7,9H,1,8H2. The Balaban J connectivity index is 2.32. The second-order valence-electron chi connectivity index (χ2n) is 3.69. The Labute approximate surface area is 125 Å². The van der Waals surface area contributed by atoms with E-state index in [1.165, 1.54) is 6.20 Å². The van der Waals surface area contributed by atoms with Gasteiger partial charge in [0, 0.05) is 5.75 Å². The maximum Gasteiger partial charge on any atom is 0.374 e. The first-order chi connectivity index (χ1) is 9.72. The molecule has 0 fully saturated rings. The van der Waals surface area contributed by atoms with Gasteiger partial charge in [-0.25, -0.2) is 4.79 Å². The maximum atomic E-state index is 11.6. The van der Waals surface area contributed by atoms with Gasteiger partial charge in [0.05, 0.1) is 16.8 Å². The van der Waals surface area contributed by atoms with Gasteiger partial charge in [-0.1, -0.05) is 48.0 Å². The van der Waals surface area contributed by atoms with Gasteiger partial charge in [-0.3, -0.25) is 0 Å². The van der Waals surface area contributed by atoms with Crippen LogP contribution in [0, 0.1) is 0 Å². The van der Waals surface area contributed by atoms with Gasteiger partial charge in [0.25, 0.3) is 5.88 Å². The van der Waals surface area contributed by atoms with Crippen molar-refractivity contribution in [3.8, 4) is 17.0 Å². The number of aromatic nitrogens is 2. The highest BCUT2D eigenvalue weighted by molar-refractivity contribution is 8.13. The fourth-order valence-corrected chi connectivity index (χ4v) is 2.15. The van der Waals surface area contributed by atoms with Crippen LogP contribution in [0.25, 0.3) is 11.1 Å². The Hall–Kier alpha value is -1.85. The fourth-order valence-electron chi connectivity index (χ4n) is 1.52. The van der Waals surface area contributed by atoms with Crippen molar-refractivity contribution in [2.75, 3.05) is 5.75 Å². The van der Waals surface area contributed by atoms with Crippen molar-refractivity contribution in [3.05, 3.63) is 54.2 Å². The topological polar surface area (TPSA) is 52.1 Å². The van der Waals surface area contributed by atoms with Crippen LogP contribution in [0.15, 0.2) is 49.2 Å². The summed E-state index contributed by atoms with van der Waals surface area (Å²) in [5, 5.41) is 7.47. The van der Waals surface area contributed by atoms with Crippen LogP contribution >= 0.6 is 23.4 Å². The van der Waals surface area contributed by atoms with Gasteiger partial charge in [-0.05, 0) is 17.3 Å². The normalized spacial score (nSPS) is 10.1. The molecule has 20 heavy (non-hydrogen) atoms. The smallest absolute Gasteiger partial charge is 0.374 e. The minimum absolute atomic E-state index is 0.102. The first-order valence-electron chi connectivity index (χ1n) is 5.74. The Bertz CT molecular complexity index is 620. The van der Waals surface area contributed by atoms with Crippen LogP contribution in [0.3, 0.4) is 0 Å². The van der Waals surface area contributed by atoms with Crippen LogP contribution in [-0.2, 0) is 0 Å². The number of thioether (sulfide) groups is 1. The predicted octanol–water partition coefficient (Wildman–Crippen LogP) is 4.22. The SMILES string of the molecule is C=CCSC(=O)Oc1nncc(Cl)c1-c1ccccc1. The van der Waals surface area contributed by atoms with E-state index in [-0.39, 0.29) is 5.88 Å². The van der Waals surface area contributed by atoms with Gasteiger partial charge < -0.3 is 4.74 Å². The van der Waals surface area contributed by atoms with Crippen LogP contribution in [0.1, 0.15) is 0 Å². The monoisotopic (exact) mass is 306 g/mol. The van der Waals surface area contributed by atoms with Crippen molar-refractivity contribution in [1.29, 1.82) is 0 Å². The molecular weight excluding hydrogens is 296 g/mol. The largest absolute Gasteiger partial charge is 0.397 e. The molecule has 0 bridgehead atoms. The second kappa shape index (κ2) is 7.07. The first kappa shape index (κ1) is 14.6. The lowest BCUT2D eigenvalue weighted by Crippen LogP contribution is -2.05. The number of carbonyl (C=O) groups excluding carboxylic acids is 1. The fraction of sp³-hybridized carbons (Fsp3) is 0.0714. The Kier molecular flexibility index (Phi) is 5.15. The molecule has 1 aromatic heterocycles. The van der Waals surface area contributed by atoms with Crippen LogP contribution in [0.2, 0.25) is 5.02 Å². The first-order valence-corrected chi connectivity index (χ1v) is 7.11. The lowest BCUT2D eigenvalue weighted by atomic mass is 10.1. The molecule has 4 nitrogen and oxygen atoms in total. The third-order valence-electron chi connectivity index (χ3n) is 2.33. The molecule has 0 aliphatic rings. The summed E-state index contributed by atoms with van der Waals surface area (Å²) in [6.45, 7) is 3.54.